The number of amides is 1. The van der Waals surface area contributed by atoms with E-state index in [0.717, 1.165) is 38.5 Å². The molecule has 2 N–H and O–H groups in total. The van der Waals surface area contributed by atoms with E-state index in [-0.39, 0.29) is 19.1 Å². The Morgan fingerprint density at radius 2 is 1.00 bits per heavy atom. The molecule has 3 unspecified atom stereocenters. The van der Waals surface area contributed by atoms with E-state index in [0.29, 0.717) is 23.9 Å². The number of rotatable bonds is 43. The van der Waals surface area contributed by atoms with Crippen LogP contribution in [-0.4, -0.2) is 68.5 Å². The molecule has 0 heterocycles. The zero-order chi connectivity index (χ0) is 40.7. The number of unbranched alkanes of at least 4 members (excludes halogenated alkanes) is 28. The third kappa shape index (κ3) is 41.2. The molecule has 0 bridgehead atoms. The Kier molecular flexibility index (Phi) is 38.2. The predicted octanol–water partition coefficient (Wildman–Crippen LogP) is 12.5. The summed E-state index contributed by atoms with van der Waals surface area (Å²) in [6.45, 7) is 4.73. The first kappa shape index (κ1) is 54.2. The number of aliphatic hydroxyl groups is 1. The van der Waals surface area contributed by atoms with Crippen molar-refractivity contribution >= 4 is 13.7 Å². The first-order valence-corrected chi connectivity index (χ1v) is 25.0. The van der Waals surface area contributed by atoms with Gasteiger partial charge in [0.2, 0.25) is 5.91 Å². The summed E-state index contributed by atoms with van der Waals surface area (Å²) in [7, 11) is 1.31. The van der Waals surface area contributed by atoms with Gasteiger partial charge in [0, 0.05) is 6.42 Å². The summed E-state index contributed by atoms with van der Waals surface area (Å²) < 4.78 is 23.3. The number of allylic oxidation sites excluding steroid dienone is 2. The van der Waals surface area contributed by atoms with E-state index in [1.165, 1.54) is 161 Å². The van der Waals surface area contributed by atoms with Crippen LogP contribution in [0.1, 0.15) is 226 Å². The highest BCUT2D eigenvalue weighted by molar-refractivity contribution is 7.45. The molecule has 0 spiro atoms. The van der Waals surface area contributed by atoms with E-state index in [2.05, 4.69) is 31.3 Å². The fourth-order valence-corrected chi connectivity index (χ4v) is 7.70. The summed E-state index contributed by atoms with van der Waals surface area (Å²) in [6, 6.07) is -0.798. The monoisotopic (exact) mass is 801 g/mol. The summed E-state index contributed by atoms with van der Waals surface area (Å²) in [5.74, 6) is -0.168. The first-order chi connectivity index (χ1) is 26.5. The normalized spacial score (nSPS) is 14.4. The summed E-state index contributed by atoms with van der Waals surface area (Å²) in [6.07, 6.45) is 43.5. The molecular weight excluding hydrogens is 707 g/mol. The van der Waals surface area contributed by atoms with Crippen LogP contribution in [-0.2, 0) is 18.4 Å². The van der Waals surface area contributed by atoms with Crippen molar-refractivity contribution in [3.05, 3.63) is 12.2 Å². The third-order valence-corrected chi connectivity index (χ3v) is 11.7. The molecule has 0 aromatic heterocycles. The Labute approximate surface area is 342 Å². The Balaban J connectivity index is 4.32. The van der Waals surface area contributed by atoms with E-state index in [9.17, 15) is 19.4 Å². The van der Waals surface area contributed by atoms with Crippen molar-refractivity contribution in [2.75, 3.05) is 40.9 Å². The van der Waals surface area contributed by atoms with Gasteiger partial charge in [-0.05, 0) is 38.5 Å². The zero-order valence-corrected chi connectivity index (χ0v) is 38.0. The molecule has 0 aliphatic carbocycles. The van der Waals surface area contributed by atoms with Gasteiger partial charge in [-0.15, -0.1) is 0 Å². The van der Waals surface area contributed by atoms with Gasteiger partial charge in [-0.1, -0.05) is 193 Å². The summed E-state index contributed by atoms with van der Waals surface area (Å²) in [5, 5.41) is 13.9. The Bertz CT molecular complexity index is 911. The van der Waals surface area contributed by atoms with Crippen molar-refractivity contribution in [1.82, 2.24) is 5.32 Å². The van der Waals surface area contributed by atoms with Gasteiger partial charge < -0.3 is 28.8 Å². The zero-order valence-electron chi connectivity index (χ0n) is 37.1. The maximum atomic E-state index is 12.9. The van der Waals surface area contributed by atoms with Crippen LogP contribution in [0.3, 0.4) is 0 Å². The van der Waals surface area contributed by atoms with Gasteiger partial charge in [-0.25, -0.2) is 0 Å². The highest BCUT2D eigenvalue weighted by Gasteiger charge is 2.24. The number of phosphoric ester groups is 1. The number of likely N-dealkylation sites (N-methyl/N-ethyl adjacent to an activating group) is 1. The van der Waals surface area contributed by atoms with Crippen LogP contribution >= 0.6 is 7.82 Å². The van der Waals surface area contributed by atoms with Gasteiger partial charge in [0.25, 0.3) is 7.82 Å². The Morgan fingerprint density at radius 3 is 1.42 bits per heavy atom. The van der Waals surface area contributed by atoms with E-state index < -0.39 is 20.0 Å². The number of quaternary nitrogens is 1. The van der Waals surface area contributed by atoms with E-state index >= 15 is 0 Å². The number of nitrogens with zero attached hydrogens (tertiary/aromatic N) is 1. The number of hydrogen-bond acceptors (Lipinski definition) is 6. The van der Waals surface area contributed by atoms with Crippen molar-refractivity contribution in [3.8, 4) is 0 Å². The fraction of sp³-hybridized carbons (Fsp3) is 0.935. The molecule has 0 saturated carbocycles. The van der Waals surface area contributed by atoms with Crippen molar-refractivity contribution in [1.29, 1.82) is 0 Å². The molecule has 0 aliphatic rings. The molecule has 55 heavy (non-hydrogen) atoms. The second-order valence-corrected chi connectivity index (χ2v) is 18.9. The quantitative estimate of drug-likeness (QED) is 0.0275. The number of aliphatic hydroxyl groups excluding tert-OH is 1. The van der Waals surface area contributed by atoms with Crippen LogP contribution in [0.25, 0.3) is 0 Å². The summed E-state index contributed by atoms with van der Waals surface area (Å²) in [4.78, 5) is 25.4. The fourth-order valence-electron chi connectivity index (χ4n) is 6.98. The predicted molar refractivity (Wildman–Crippen MR) is 233 cm³/mol. The lowest BCUT2D eigenvalue weighted by Crippen LogP contribution is -2.46. The van der Waals surface area contributed by atoms with Crippen LogP contribution in [0.15, 0.2) is 12.2 Å². The SMILES string of the molecule is CCCCCCCC/C=C\CCCCCCCCCC(=O)NC(COP(=O)([O-])OCC[N+](C)(C)C)C(O)CCCCCCCCCCCCCCCCCC. The van der Waals surface area contributed by atoms with Gasteiger partial charge in [-0.3, -0.25) is 9.36 Å². The molecule has 328 valence electrons. The van der Waals surface area contributed by atoms with Crippen LogP contribution in [0.4, 0.5) is 0 Å². The van der Waals surface area contributed by atoms with Gasteiger partial charge >= 0.3 is 0 Å². The number of nitrogens with one attached hydrogen (secondary N) is 1. The molecule has 0 aromatic rings. The molecule has 0 radical (unpaired) electrons. The van der Waals surface area contributed by atoms with Crippen LogP contribution in [0.2, 0.25) is 0 Å². The topological polar surface area (TPSA) is 108 Å². The molecule has 1 amide bonds. The van der Waals surface area contributed by atoms with Gasteiger partial charge in [0.15, 0.2) is 0 Å². The molecule has 0 aromatic carbocycles. The van der Waals surface area contributed by atoms with Crippen molar-refractivity contribution in [2.45, 2.75) is 238 Å². The van der Waals surface area contributed by atoms with Crippen molar-refractivity contribution < 1.29 is 32.9 Å². The third-order valence-electron chi connectivity index (χ3n) is 10.8. The van der Waals surface area contributed by atoms with Crippen LogP contribution in [0.5, 0.6) is 0 Å². The molecule has 0 rings (SSSR count). The van der Waals surface area contributed by atoms with Gasteiger partial charge in [0.05, 0.1) is 39.9 Å². The number of phosphoric acid groups is 1. The number of hydrogen-bond donors (Lipinski definition) is 2. The average Bonchev–Trinajstić information content (AvgIpc) is 3.13. The first-order valence-electron chi connectivity index (χ1n) is 23.5. The number of carbonyl (C=O) groups is 1. The second kappa shape index (κ2) is 38.7. The van der Waals surface area contributed by atoms with E-state index in [4.69, 9.17) is 9.05 Å². The molecule has 0 aliphatic heterocycles. The Hall–Kier alpha value is -0.760. The minimum absolute atomic E-state index is 0.0133. The highest BCUT2D eigenvalue weighted by atomic mass is 31.2. The molecule has 3 atom stereocenters. The number of carbonyl (C=O) groups excluding carboxylic acids is 1. The van der Waals surface area contributed by atoms with Crippen LogP contribution in [0, 0.1) is 0 Å². The maximum absolute atomic E-state index is 12.9. The Morgan fingerprint density at radius 1 is 0.618 bits per heavy atom. The molecule has 8 nitrogen and oxygen atoms in total. The lowest BCUT2D eigenvalue weighted by Gasteiger charge is -2.30. The molecular formula is C46H93N2O6P. The second-order valence-electron chi connectivity index (χ2n) is 17.5. The van der Waals surface area contributed by atoms with Crippen molar-refractivity contribution in [3.63, 3.8) is 0 Å². The van der Waals surface area contributed by atoms with E-state index in [1.54, 1.807) is 0 Å². The molecule has 9 heteroatoms. The van der Waals surface area contributed by atoms with Crippen LogP contribution < -0.4 is 10.2 Å². The maximum Gasteiger partial charge on any atom is 0.268 e. The summed E-state index contributed by atoms with van der Waals surface area (Å²) >= 11 is 0. The smallest absolute Gasteiger partial charge is 0.268 e. The standard InChI is InChI=1S/C46H93N2O6P/c1-6-8-10-12-14-16-18-20-22-24-26-28-30-32-34-36-38-40-46(50)47-44(43-54-55(51,52)53-42-41-48(3,4)5)45(49)39-37-35-33-31-29-27-25-23-21-19-17-15-13-11-9-7-2/h20,22,44-45,49H,6-19,21,23-43H2,1-5H3,(H-,47,50,51,52)/b22-20-. The van der Waals surface area contributed by atoms with Gasteiger partial charge in [-0.2, -0.15) is 0 Å². The minimum atomic E-state index is -4.56. The lowest BCUT2D eigenvalue weighted by molar-refractivity contribution is -0.870. The van der Waals surface area contributed by atoms with Gasteiger partial charge in [0.1, 0.15) is 13.2 Å². The van der Waals surface area contributed by atoms with E-state index in [1.807, 2.05) is 21.1 Å². The summed E-state index contributed by atoms with van der Waals surface area (Å²) in [5.41, 5.74) is 0. The average molecular weight is 801 g/mol. The van der Waals surface area contributed by atoms with Crippen molar-refractivity contribution in [2.24, 2.45) is 0 Å². The highest BCUT2D eigenvalue weighted by Crippen LogP contribution is 2.38. The lowest BCUT2D eigenvalue weighted by atomic mass is 10.0. The molecule has 0 fully saturated rings. The minimum Gasteiger partial charge on any atom is -0.756 e. The molecule has 0 saturated heterocycles. The largest absolute Gasteiger partial charge is 0.756 e.